The van der Waals surface area contributed by atoms with Gasteiger partial charge in [0.15, 0.2) is 0 Å². The van der Waals surface area contributed by atoms with Gasteiger partial charge in [-0.1, -0.05) is 23.7 Å². The fourth-order valence-electron chi connectivity index (χ4n) is 4.86. The molecule has 0 aromatic heterocycles. The average Bonchev–Trinajstić information content (AvgIpc) is 2.92. The summed E-state index contributed by atoms with van der Waals surface area (Å²) in [6.45, 7) is 10.6. The van der Waals surface area contributed by atoms with Crippen LogP contribution in [0.1, 0.15) is 75.2 Å². The molecular formula is C24H36F7N2O6+. The van der Waals surface area contributed by atoms with E-state index in [2.05, 4.69) is 0 Å². The highest BCUT2D eigenvalue weighted by molar-refractivity contribution is 5.81. The summed E-state index contributed by atoms with van der Waals surface area (Å²) in [5, 5.41) is 12.0. The summed E-state index contributed by atoms with van der Waals surface area (Å²) < 4.78 is 109. The minimum Gasteiger partial charge on any atom is -0.455 e. The van der Waals surface area contributed by atoms with E-state index in [1.165, 1.54) is 41.5 Å². The van der Waals surface area contributed by atoms with Crippen LogP contribution in [0.25, 0.3) is 0 Å². The normalized spacial score (nSPS) is 28.9. The molecule has 39 heavy (non-hydrogen) atoms. The van der Waals surface area contributed by atoms with Crippen molar-refractivity contribution in [2.24, 2.45) is 5.41 Å². The van der Waals surface area contributed by atoms with Crippen LogP contribution in [0.4, 0.5) is 35.5 Å². The Hall–Kier alpha value is -2.42. The van der Waals surface area contributed by atoms with Gasteiger partial charge in [-0.15, -0.1) is 0 Å². The molecule has 0 aliphatic carbocycles. The largest absolute Gasteiger partial charge is 0.545 e. The zero-order valence-corrected chi connectivity index (χ0v) is 23.2. The highest BCUT2D eigenvalue weighted by Crippen LogP contribution is 2.67. The summed E-state index contributed by atoms with van der Waals surface area (Å²) in [7, 11) is 0. The number of hydrogen-bond donors (Lipinski definition) is 2. The minimum atomic E-state index is -6.82. The van der Waals surface area contributed by atoms with E-state index in [1.807, 2.05) is 5.43 Å². The van der Waals surface area contributed by atoms with E-state index >= 15 is 8.78 Å². The van der Waals surface area contributed by atoms with Crippen molar-refractivity contribution in [2.45, 2.75) is 116 Å². The van der Waals surface area contributed by atoms with Crippen LogP contribution in [0.5, 0.6) is 0 Å². The molecule has 0 bridgehead atoms. The third kappa shape index (κ3) is 5.48. The SMILES string of the molecule is CC=C[C@@]1(C(F)(F)C(F)(F)C(F)(F)F)C[C@@H](C(=O)OC(C)(C)C)[N@@+](NC(C)=O)(C(=O)OC(C)(C)C)[C@@]1(O)CC. The molecule has 2 N–H and O–H groups in total. The molecule has 1 aliphatic rings. The van der Waals surface area contributed by atoms with E-state index in [9.17, 15) is 41.4 Å². The first-order valence-corrected chi connectivity index (χ1v) is 12.0. The number of ether oxygens (including phenoxy) is 2. The van der Waals surface area contributed by atoms with Gasteiger partial charge >= 0.3 is 30.1 Å². The van der Waals surface area contributed by atoms with Crippen LogP contribution in [0.3, 0.4) is 0 Å². The molecule has 0 saturated carbocycles. The second-order valence-corrected chi connectivity index (χ2v) is 11.4. The fraction of sp³-hybridized carbons (Fsp3) is 0.792. The number of hydrogen-bond acceptors (Lipinski definition) is 6. The monoisotopic (exact) mass is 581 g/mol. The van der Waals surface area contributed by atoms with Gasteiger partial charge in [0.2, 0.25) is 11.8 Å². The van der Waals surface area contributed by atoms with Crippen molar-refractivity contribution in [1.29, 1.82) is 0 Å². The van der Waals surface area contributed by atoms with Crippen LogP contribution >= 0.6 is 0 Å². The number of rotatable bonds is 5. The number of carbonyl (C=O) groups is 3. The Morgan fingerprint density at radius 1 is 0.974 bits per heavy atom. The molecule has 2 amide bonds. The molecule has 8 nitrogen and oxygen atoms in total. The molecular weight excluding hydrogens is 545 g/mol. The number of nitrogens with one attached hydrogen (secondary N) is 1. The van der Waals surface area contributed by atoms with Crippen molar-refractivity contribution in [3.63, 3.8) is 0 Å². The molecule has 0 unspecified atom stereocenters. The van der Waals surface area contributed by atoms with Crippen molar-refractivity contribution < 1.29 is 64.3 Å². The minimum absolute atomic E-state index is 0.194. The first kappa shape index (κ1) is 34.6. The molecule has 15 heteroatoms. The van der Waals surface area contributed by atoms with Crippen molar-refractivity contribution in [1.82, 2.24) is 5.43 Å². The molecule has 4 atom stereocenters. The van der Waals surface area contributed by atoms with Gasteiger partial charge in [0.05, 0.1) is 0 Å². The molecule has 1 saturated heterocycles. The Labute approximate surface area is 222 Å². The number of nitrogens with zero attached hydrogens (tertiary/aromatic N) is 1. The van der Waals surface area contributed by atoms with Crippen molar-refractivity contribution in [3.8, 4) is 0 Å². The van der Waals surface area contributed by atoms with Gasteiger partial charge in [0.1, 0.15) is 16.6 Å². The third-order valence-corrected chi connectivity index (χ3v) is 6.23. The second-order valence-electron chi connectivity index (χ2n) is 11.4. The number of amides is 2. The first-order valence-electron chi connectivity index (χ1n) is 12.0. The number of allylic oxidation sites excluding steroid dienone is 1. The van der Waals surface area contributed by atoms with Gasteiger partial charge in [-0.05, 0) is 48.5 Å². The fourth-order valence-corrected chi connectivity index (χ4v) is 4.86. The lowest BCUT2D eigenvalue weighted by molar-refractivity contribution is -0.973. The third-order valence-electron chi connectivity index (χ3n) is 6.23. The van der Waals surface area contributed by atoms with Crippen LogP contribution < -0.4 is 5.43 Å². The van der Waals surface area contributed by atoms with Crippen molar-refractivity contribution >= 4 is 18.0 Å². The molecule has 0 aromatic carbocycles. The molecule has 1 fully saturated rings. The standard InChI is InChI=1S/C24H35F7N2O6/c1-10-12-20(22(25,26)23(27,28)24(29,30)31)13-15(16(35)38-18(4,5)6)33(32-14(3)34,21(20,37)11-2)17(36)39-19(7,8)9/h10,12,15,37H,11,13H2,1-9H3/p+1/t15-,20+,21+,33+/m0/s1. The van der Waals surface area contributed by atoms with Crippen LogP contribution in [-0.4, -0.2) is 68.7 Å². The van der Waals surface area contributed by atoms with E-state index in [-0.39, 0.29) is 6.08 Å². The summed E-state index contributed by atoms with van der Waals surface area (Å²) in [4.78, 5) is 39.5. The number of alkyl halides is 7. The average molecular weight is 582 g/mol. The van der Waals surface area contributed by atoms with E-state index < -0.39 is 81.8 Å². The Morgan fingerprint density at radius 2 is 1.44 bits per heavy atom. The maximum absolute atomic E-state index is 15.9. The topological polar surface area (TPSA) is 102 Å². The van der Waals surface area contributed by atoms with Crippen LogP contribution in [-0.2, 0) is 19.1 Å². The summed E-state index contributed by atoms with van der Waals surface area (Å²) in [6.07, 6.45) is -10.5. The number of likely N-dealkylation sites (tertiary alicyclic amines) is 1. The zero-order chi connectivity index (χ0) is 31.3. The summed E-state index contributed by atoms with van der Waals surface area (Å²) in [6, 6.07) is -2.46. The van der Waals surface area contributed by atoms with Crippen LogP contribution in [0, 0.1) is 5.41 Å². The molecule has 0 spiro atoms. The Bertz CT molecular complexity index is 1000. The lowest BCUT2D eigenvalue weighted by Crippen LogP contribution is -2.80. The first-order chi connectivity index (χ1) is 17.1. The Balaban J connectivity index is 4.42. The summed E-state index contributed by atoms with van der Waals surface area (Å²) in [5.74, 6) is -15.7. The van der Waals surface area contributed by atoms with Gasteiger partial charge in [-0.25, -0.2) is 4.79 Å². The lowest BCUT2D eigenvalue weighted by atomic mass is 9.67. The summed E-state index contributed by atoms with van der Waals surface area (Å²) in [5.41, 5.74) is -8.66. The predicted molar refractivity (Wildman–Crippen MR) is 123 cm³/mol. The van der Waals surface area contributed by atoms with E-state index in [1.54, 1.807) is 0 Å². The second kappa shape index (κ2) is 10.2. The number of esters is 1. The number of aliphatic hydroxyl groups is 1. The molecule has 0 aromatic rings. The quantitative estimate of drug-likeness (QED) is 0.195. The number of quaternary nitrogens is 1. The van der Waals surface area contributed by atoms with E-state index in [0.717, 1.165) is 20.8 Å². The summed E-state index contributed by atoms with van der Waals surface area (Å²) >= 11 is 0. The Morgan fingerprint density at radius 3 is 1.77 bits per heavy atom. The van der Waals surface area contributed by atoms with Crippen LogP contribution in [0.2, 0.25) is 0 Å². The van der Waals surface area contributed by atoms with E-state index in [4.69, 9.17) is 9.47 Å². The van der Waals surface area contributed by atoms with E-state index in [0.29, 0.717) is 6.08 Å². The van der Waals surface area contributed by atoms with Gasteiger partial charge in [-0.2, -0.15) is 41.0 Å². The van der Waals surface area contributed by atoms with Gasteiger partial charge in [0.25, 0.3) is 5.91 Å². The molecule has 1 rings (SSSR count). The van der Waals surface area contributed by atoms with Gasteiger partial charge in [0, 0.05) is 19.8 Å². The maximum Gasteiger partial charge on any atom is 0.545 e. The highest BCUT2D eigenvalue weighted by atomic mass is 19.4. The molecule has 1 heterocycles. The number of carbonyl (C=O) groups excluding carboxylic acids is 3. The highest BCUT2D eigenvalue weighted by Gasteiger charge is 2.91. The predicted octanol–water partition coefficient (Wildman–Crippen LogP) is 5.40. The van der Waals surface area contributed by atoms with Gasteiger partial charge < -0.3 is 14.6 Å². The lowest BCUT2D eigenvalue weighted by Gasteiger charge is -2.50. The maximum atomic E-state index is 15.9. The Kier molecular flexibility index (Phi) is 9.05. The molecule has 0 radical (unpaired) electrons. The van der Waals surface area contributed by atoms with Crippen LogP contribution in [0.15, 0.2) is 12.2 Å². The smallest absolute Gasteiger partial charge is 0.455 e. The number of halogens is 7. The van der Waals surface area contributed by atoms with Gasteiger partial charge in [-0.3, -0.25) is 4.79 Å². The molecule has 226 valence electrons. The van der Waals surface area contributed by atoms with Crippen molar-refractivity contribution in [3.05, 3.63) is 12.2 Å². The molecule has 1 aliphatic heterocycles. The zero-order valence-electron chi connectivity index (χ0n) is 23.2. The van der Waals surface area contributed by atoms with Crippen molar-refractivity contribution in [2.75, 3.05) is 0 Å².